The Bertz CT molecular complexity index is 277. The minimum Gasteiger partial charge on any atom is -0.479 e. The standard InChI is InChI=1S/C7H8O5/c8-3-4-1-2-5(12-4)6(9)7(10)11/h1-2,6,8-9H,3H2,(H,10,11). The predicted octanol–water partition coefficient (Wildman–Crippen LogP) is -0.110. The first kappa shape index (κ1) is 8.76. The van der Waals surface area contributed by atoms with E-state index in [0.29, 0.717) is 0 Å². The van der Waals surface area contributed by atoms with Crippen molar-refractivity contribution in [1.82, 2.24) is 0 Å². The van der Waals surface area contributed by atoms with E-state index in [2.05, 4.69) is 0 Å². The van der Waals surface area contributed by atoms with Crippen LogP contribution in [0.25, 0.3) is 0 Å². The van der Waals surface area contributed by atoms with Crippen molar-refractivity contribution in [3.05, 3.63) is 23.7 Å². The van der Waals surface area contributed by atoms with Crippen LogP contribution in [0.4, 0.5) is 0 Å². The van der Waals surface area contributed by atoms with Crippen molar-refractivity contribution < 1.29 is 24.5 Å². The molecular weight excluding hydrogens is 164 g/mol. The second-order valence-corrected chi connectivity index (χ2v) is 2.20. The Morgan fingerprint density at radius 3 is 2.67 bits per heavy atom. The summed E-state index contributed by atoms with van der Waals surface area (Å²) in [5, 5.41) is 25.8. The molecular formula is C7H8O5. The molecule has 12 heavy (non-hydrogen) atoms. The zero-order valence-corrected chi connectivity index (χ0v) is 6.10. The molecule has 0 fully saturated rings. The zero-order valence-electron chi connectivity index (χ0n) is 6.10. The van der Waals surface area contributed by atoms with Gasteiger partial charge in [-0.2, -0.15) is 0 Å². The number of carboxylic acid groups (broad SMARTS) is 1. The van der Waals surface area contributed by atoms with Crippen LogP contribution in [-0.2, 0) is 11.4 Å². The second kappa shape index (κ2) is 3.38. The zero-order chi connectivity index (χ0) is 9.14. The molecule has 3 N–H and O–H groups in total. The minimum absolute atomic E-state index is 0.0773. The van der Waals surface area contributed by atoms with Gasteiger partial charge < -0.3 is 19.7 Å². The summed E-state index contributed by atoms with van der Waals surface area (Å²) >= 11 is 0. The van der Waals surface area contributed by atoms with Gasteiger partial charge in [-0.1, -0.05) is 0 Å². The molecule has 1 aromatic heterocycles. The largest absolute Gasteiger partial charge is 0.479 e. The molecule has 0 aliphatic carbocycles. The fraction of sp³-hybridized carbons (Fsp3) is 0.286. The van der Waals surface area contributed by atoms with Gasteiger partial charge in [0.1, 0.15) is 18.1 Å². The van der Waals surface area contributed by atoms with E-state index in [0.717, 1.165) is 0 Å². The lowest BCUT2D eigenvalue weighted by Crippen LogP contribution is -2.09. The van der Waals surface area contributed by atoms with Gasteiger partial charge in [-0.3, -0.25) is 0 Å². The third-order valence-electron chi connectivity index (χ3n) is 1.34. The lowest BCUT2D eigenvalue weighted by atomic mass is 10.3. The number of aliphatic hydroxyl groups excluding tert-OH is 2. The van der Waals surface area contributed by atoms with Gasteiger partial charge in [0.15, 0.2) is 0 Å². The Morgan fingerprint density at radius 2 is 2.25 bits per heavy atom. The number of hydrogen-bond acceptors (Lipinski definition) is 4. The maximum atomic E-state index is 10.2. The normalized spacial score (nSPS) is 12.8. The highest BCUT2D eigenvalue weighted by Crippen LogP contribution is 2.16. The molecule has 0 radical (unpaired) electrons. The van der Waals surface area contributed by atoms with Gasteiger partial charge in [-0.15, -0.1) is 0 Å². The molecule has 1 atom stereocenters. The summed E-state index contributed by atoms with van der Waals surface area (Å²) in [6.07, 6.45) is -1.66. The molecule has 0 bridgehead atoms. The summed E-state index contributed by atoms with van der Waals surface area (Å²) in [4.78, 5) is 10.2. The molecule has 0 saturated carbocycles. The van der Waals surface area contributed by atoms with Crippen LogP contribution in [0.15, 0.2) is 16.5 Å². The SMILES string of the molecule is O=C(O)C(O)c1ccc(CO)o1. The molecule has 1 heterocycles. The van der Waals surface area contributed by atoms with E-state index in [1.54, 1.807) is 0 Å². The number of aliphatic carboxylic acids is 1. The Balaban J connectivity index is 2.81. The molecule has 5 heteroatoms. The van der Waals surface area contributed by atoms with Crippen LogP contribution in [0.5, 0.6) is 0 Å². The maximum Gasteiger partial charge on any atom is 0.340 e. The van der Waals surface area contributed by atoms with Crippen molar-refractivity contribution in [3.63, 3.8) is 0 Å². The molecule has 0 spiro atoms. The number of rotatable bonds is 3. The van der Waals surface area contributed by atoms with Gasteiger partial charge in [-0.25, -0.2) is 4.79 Å². The molecule has 5 nitrogen and oxygen atoms in total. The van der Waals surface area contributed by atoms with Crippen molar-refractivity contribution in [2.45, 2.75) is 12.7 Å². The lowest BCUT2D eigenvalue weighted by Gasteiger charge is -1.99. The van der Waals surface area contributed by atoms with Crippen molar-refractivity contribution in [2.24, 2.45) is 0 Å². The topological polar surface area (TPSA) is 90.9 Å². The van der Waals surface area contributed by atoms with Gasteiger partial charge >= 0.3 is 5.97 Å². The van der Waals surface area contributed by atoms with Crippen LogP contribution < -0.4 is 0 Å². The van der Waals surface area contributed by atoms with Crippen LogP contribution in [-0.4, -0.2) is 21.3 Å². The first-order chi connectivity index (χ1) is 5.65. The molecule has 1 unspecified atom stereocenters. The Labute approximate surface area is 67.9 Å². The third-order valence-corrected chi connectivity index (χ3v) is 1.34. The van der Waals surface area contributed by atoms with Crippen molar-refractivity contribution in [3.8, 4) is 0 Å². The first-order valence-electron chi connectivity index (χ1n) is 3.25. The maximum absolute atomic E-state index is 10.2. The van der Waals surface area contributed by atoms with E-state index in [-0.39, 0.29) is 18.1 Å². The average molecular weight is 172 g/mol. The summed E-state index contributed by atoms with van der Waals surface area (Å²) < 4.78 is 4.78. The van der Waals surface area contributed by atoms with E-state index < -0.39 is 12.1 Å². The van der Waals surface area contributed by atoms with Crippen molar-refractivity contribution in [1.29, 1.82) is 0 Å². The smallest absolute Gasteiger partial charge is 0.340 e. The molecule has 0 amide bonds. The Hall–Kier alpha value is -1.33. The predicted molar refractivity (Wildman–Crippen MR) is 37.2 cm³/mol. The number of furan rings is 1. The van der Waals surface area contributed by atoms with E-state index in [1.165, 1.54) is 12.1 Å². The Kier molecular flexibility index (Phi) is 2.47. The molecule has 1 rings (SSSR count). The van der Waals surface area contributed by atoms with Crippen LogP contribution in [0.2, 0.25) is 0 Å². The van der Waals surface area contributed by atoms with E-state index in [9.17, 15) is 4.79 Å². The summed E-state index contributed by atoms with van der Waals surface area (Å²) in [6, 6.07) is 2.71. The summed E-state index contributed by atoms with van der Waals surface area (Å²) in [7, 11) is 0. The van der Waals surface area contributed by atoms with Gasteiger partial charge in [-0.05, 0) is 12.1 Å². The van der Waals surface area contributed by atoms with Crippen molar-refractivity contribution in [2.75, 3.05) is 0 Å². The van der Waals surface area contributed by atoms with E-state index in [4.69, 9.17) is 19.7 Å². The fourth-order valence-electron chi connectivity index (χ4n) is 0.748. The summed E-state index contributed by atoms with van der Waals surface area (Å²) in [5.41, 5.74) is 0. The number of carboxylic acids is 1. The van der Waals surface area contributed by atoms with Gasteiger partial charge in [0.05, 0.1) is 0 Å². The van der Waals surface area contributed by atoms with Crippen LogP contribution >= 0.6 is 0 Å². The van der Waals surface area contributed by atoms with Crippen LogP contribution in [0.3, 0.4) is 0 Å². The first-order valence-corrected chi connectivity index (χ1v) is 3.25. The van der Waals surface area contributed by atoms with Gasteiger partial charge in [0, 0.05) is 0 Å². The average Bonchev–Trinajstić information content (AvgIpc) is 2.50. The highest BCUT2D eigenvalue weighted by Gasteiger charge is 2.19. The van der Waals surface area contributed by atoms with Gasteiger partial charge in [0.25, 0.3) is 0 Å². The summed E-state index contributed by atoms with van der Waals surface area (Å²) in [5.74, 6) is -1.23. The molecule has 0 aliphatic rings. The monoisotopic (exact) mass is 172 g/mol. The minimum atomic E-state index is -1.66. The number of hydrogen-bond donors (Lipinski definition) is 3. The Morgan fingerprint density at radius 1 is 1.58 bits per heavy atom. The molecule has 1 aromatic rings. The van der Waals surface area contributed by atoms with Crippen molar-refractivity contribution >= 4 is 5.97 Å². The summed E-state index contributed by atoms with van der Waals surface area (Å²) in [6.45, 7) is -0.313. The molecule has 0 aliphatic heterocycles. The molecule has 0 aromatic carbocycles. The fourth-order valence-corrected chi connectivity index (χ4v) is 0.748. The third kappa shape index (κ3) is 1.63. The molecule has 0 saturated heterocycles. The highest BCUT2D eigenvalue weighted by atomic mass is 16.4. The van der Waals surface area contributed by atoms with Crippen LogP contribution in [0, 0.1) is 0 Å². The number of aliphatic hydroxyl groups is 2. The highest BCUT2D eigenvalue weighted by molar-refractivity contribution is 5.73. The van der Waals surface area contributed by atoms with E-state index >= 15 is 0 Å². The lowest BCUT2D eigenvalue weighted by molar-refractivity contribution is -0.147. The quantitative estimate of drug-likeness (QED) is 0.591. The number of carbonyl (C=O) groups is 1. The van der Waals surface area contributed by atoms with E-state index in [1.807, 2.05) is 0 Å². The molecule has 66 valence electrons. The van der Waals surface area contributed by atoms with Gasteiger partial charge in [0.2, 0.25) is 6.10 Å². The van der Waals surface area contributed by atoms with Crippen LogP contribution in [0.1, 0.15) is 17.6 Å². The second-order valence-electron chi connectivity index (χ2n) is 2.20.